The normalized spacial score (nSPS) is 40.4. The van der Waals surface area contributed by atoms with E-state index in [0.717, 1.165) is 24.7 Å². The molecule has 0 aliphatic heterocycles. The van der Waals surface area contributed by atoms with E-state index < -0.39 is 0 Å². The van der Waals surface area contributed by atoms with Gasteiger partial charge in [0.25, 0.3) is 0 Å². The Hall–Kier alpha value is -1.37. The predicted molar refractivity (Wildman–Crippen MR) is 101 cm³/mol. The van der Waals surface area contributed by atoms with Gasteiger partial charge in [0.15, 0.2) is 0 Å². The summed E-state index contributed by atoms with van der Waals surface area (Å²) in [6, 6.07) is 10.5. The van der Waals surface area contributed by atoms with Crippen molar-refractivity contribution in [1.29, 1.82) is 0 Å². The SMILES string of the molecule is C[C@@]12CCC[C@H]1[C@@H]1CCC3CC(=O)C(c4ccccc4)CC3=C1CC2. The van der Waals surface area contributed by atoms with Gasteiger partial charge in [-0.2, -0.15) is 0 Å². The van der Waals surface area contributed by atoms with Crippen LogP contribution >= 0.6 is 0 Å². The minimum Gasteiger partial charge on any atom is -0.299 e. The molecule has 1 aromatic rings. The summed E-state index contributed by atoms with van der Waals surface area (Å²) in [6.07, 6.45) is 11.5. The largest absolute Gasteiger partial charge is 0.299 e. The van der Waals surface area contributed by atoms with Crippen LogP contribution in [0.25, 0.3) is 0 Å². The lowest BCUT2D eigenvalue weighted by Gasteiger charge is -2.49. The quantitative estimate of drug-likeness (QED) is 0.571. The van der Waals surface area contributed by atoms with Gasteiger partial charge in [0.2, 0.25) is 0 Å². The second-order valence-electron chi connectivity index (χ2n) is 9.42. The molecular formula is C24H30O. The smallest absolute Gasteiger partial charge is 0.141 e. The predicted octanol–water partition coefficient (Wildman–Crippen LogP) is 6.06. The molecule has 0 saturated heterocycles. The molecule has 0 bridgehead atoms. The minimum absolute atomic E-state index is 0.121. The Balaban J connectivity index is 1.50. The number of Topliss-reactive ketones (excluding diaryl/α,β-unsaturated/α-hetero) is 1. The Morgan fingerprint density at radius 2 is 1.80 bits per heavy atom. The summed E-state index contributed by atoms with van der Waals surface area (Å²) in [5.41, 5.74) is 5.39. The highest BCUT2D eigenvalue weighted by Crippen LogP contribution is 2.60. The second-order valence-corrected chi connectivity index (χ2v) is 9.42. The standard InChI is InChI=1S/C24H30O/c1-24-12-5-8-22(24)19-10-9-17-14-23(25)21(16-6-3-2-4-7-16)15-20(17)18(19)11-13-24/h2-4,6-7,17,19,21-22H,5,8-15H2,1H3/t17?,19-,21?,22+,24+/m1/s1. The zero-order chi connectivity index (χ0) is 17.0. The van der Waals surface area contributed by atoms with Gasteiger partial charge < -0.3 is 0 Å². The van der Waals surface area contributed by atoms with Crippen LogP contribution in [0.2, 0.25) is 0 Å². The molecule has 132 valence electrons. The first kappa shape index (κ1) is 15.9. The molecule has 5 rings (SSSR count). The molecule has 2 unspecified atom stereocenters. The lowest BCUT2D eigenvalue weighted by atomic mass is 9.56. The first-order valence-corrected chi connectivity index (χ1v) is 10.5. The summed E-state index contributed by atoms with van der Waals surface area (Å²) >= 11 is 0. The topological polar surface area (TPSA) is 17.1 Å². The van der Waals surface area contributed by atoms with Crippen molar-refractivity contribution >= 4 is 5.78 Å². The Morgan fingerprint density at radius 1 is 0.960 bits per heavy atom. The zero-order valence-corrected chi connectivity index (χ0v) is 15.5. The number of carbonyl (C=O) groups is 1. The van der Waals surface area contributed by atoms with Crippen molar-refractivity contribution in [3.05, 3.63) is 47.0 Å². The highest BCUT2D eigenvalue weighted by molar-refractivity contribution is 5.88. The Bertz CT molecular complexity index is 715. The van der Waals surface area contributed by atoms with Gasteiger partial charge in [-0.25, -0.2) is 0 Å². The molecule has 0 spiro atoms. The van der Waals surface area contributed by atoms with Gasteiger partial charge in [0.1, 0.15) is 5.78 Å². The summed E-state index contributed by atoms with van der Waals surface area (Å²) in [6.45, 7) is 2.56. The van der Waals surface area contributed by atoms with Gasteiger partial charge in [-0.05, 0) is 73.7 Å². The molecule has 0 N–H and O–H groups in total. The average Bonchev–Trinajstić information content (AvgIpc) is 3.03. The van der Waals surface area contributed by atoms with E-state index in [1.165, 1.54) is 50.5 Å². The second kappa shape index (κ2) is 5.83. The van der Waals surface area contributed by atoms with E-state index in [9.17, 15) is 4.79 Å². The molecule has 3 fully saturated rings. The van der Waals surface area contributed by atoms with E-state index >= 15 is 0 Å². The minimum atomic E-state index is 0.121. The fourth-order valence-corrected chi connectivity index (χ4v) is 6.93. The molecular weight excluding hydrogens is 304 g/mol. The number of carbonyl (C=O) groups excluding carboxylic acids is 1. The van der Waals surface area contributed by atoms with Gasteiger partial charge in [-0.15, -0.1) is 0 Å². The van der Waals surface area contributed by atoms with Crippen molar-refractivity contribution in [2.45, 2.75) is 70.6 Å². The van der Waals surface area contributed by atoms with Crippen LogP contribution in [0.4, 0.5) is 0 Å². The van der Waals surface area contributed by atoms with Gasteiger partial charge >= 0.3 is 0 Å². The highest BCUT2D eigenvalue weighted by Gasteiger charge is 2.50. The maximum Gasteiger partial charge on any atom is 0.141 e. The fraction of sp³-hybridized carbons (Fsp3) is 0.625. The van der Waals surface area contributed by atoms with E-state index in [1.807, 2.05) is 5.57 Å². The van der Waals surface area contributed by atoms with Crippen molar-refractivity contribution in [1.82, 2.24) is 0 Å². The van der Waals surface area contributed by atoms with Crippen molar-refractivity contribution in [2.75, 3.05) is 0 Å². The molecule has 1 aromatic carbocycles. The van der Waals surface area contributed by atoms with Gasteiger partial charge in [-0.1, -0.05) is 54.8 Å². The molecule has 4 aliphatic carbocycles. The van der Waals surface area contributed by atoms with Crippen LogP contribution in [0, 0.1) is 23.2 Å². The first-order chi connectivity index (χ1) is 12.2. The number of rotatable bonds is 1. The fourth-order valence-electron chi connectivity index (χ4n) is 6.93. The molecule has 0 amide bonds. The molecule has 0 radical (unpaired) electrons. The molecule has 1 nitrogen and oxygen atoms in total. The third-order valence-electron chi connectivity index (χ3n) is 8.25. The van der Waals surface area contributed by atoms with E-state index in [1.54, 1.807) is 5.57 Å². The lowest BCUT2D eigenvalue weighted by molar-refractivity contribution is -0.122. The van der Waals surface area contributed by atoms with E-state index in [4.69, 9.17) is 0 Å². The van der Waals surface area contributed by atoms with E-state index in [0.29, 0.717) is 17.1 Å². The summed E-state index contributed by atoms with van der Waals surface area (Å²) in [4.78, 5) is 12.8. The van der Waals surface area contributed by atoms with Crippen LogP contribution in [-0.2, 0) is 4.79 Å². The summed E-state index contributed by atoms with van der Waals surface area (Å²) in [5, 5.41) is 0. The summed E-state index contributed by atoms with van der Waals surface area (Å²) < 4.78 is 0. The van der Waals surface area contributed by atoms with Gasteiger partial charge in [0, 0.05) is 12.3 Å². The molecule has 0 heterocycles. The first-order valence-electron chi connectivity index (χ1n) is 10.5. The van der Waals surface area contributed by atoms with Crippen LogP contribution in [-0.4, -0.2) is 5.78 Å². The van der Waals surface area contributed by atoms with Crippen molar-refractivity contribution in [2.24, 2.45) is 23.2 Å². The zero-order valence-electron chi connectivity index (χ0n) is 15.5. The van der Waals surface area contributed by atoms with Crippen LogP contribution in [0.1, 0.15) is 76.2 Å². The van der Waals surface area contributed by atoms with Gasteiger partial charge in [0.05, 0.1) is 0 Å². The molecule has 25 heavy (non-hydrogen) atoms. The maximum absolute atomic E-state index is 12.8. The van der Waals surface area contributed by atoms with Crippen LogP contribution < -0.4 is 0 Å². The maximum atomic E-state index is 12.8. The lowest BCUT2D eigenvalue weighted by Crippen LogP contribution is -2.39. The van der Waals surface area contributed by atoms with Crippen LogP contribution in [0.3, 0.4) is 0 Å². The number of allylic oxidation sites excluding steroid dienone is 2. The number of fused-ring (bicyclic) bond motifs is 4. The highest BCUT2D eigenvalue weighted by atomic mass is 16.1. The number of benzene rings is 1. The summed E-state index contributed by atoms with van der Waals surface area (Å²) in [7, 11) is 0. The van der Waals surface area contributed by atoms with Crippen molar-refractivity contribution in [3.8, 4) is 0 Å². The monoisotopic (exact) mass is 334 g/mol. The molecule has 5 atom stereocenters. The van der Waals surface area contributed by atoms with Crippen molar-refractivity contribution in [3.63, 3.8) is 0 Å². The van der Waals surface area contributed by atoms with E-state index in [-0.39, 0.29) is 5.92 Å². The third-order valence-corrected chi connectivity index (χ3v) is 8.25. The van der Waals surface area contributed by atoms with Crippen LogP contribution in [0.5, 0.6) is 0 Å². The molecule has 4 aliphatic rings. The number of hydrogen-bond donors (Lipinski definition) is 0. The van der Waals surface area contributed by atoms with Gasteiger partial charge in [-0.3, -0.25) is 4.79 Å². The molecule has 1 heteroatoms. The third kappa shape index (κ3) is 2.46. The van der Waals surface area contributed by atoms with Crippen molar-refractivity contribution < 1.29 is 4.79 Å². The van der Waals surface area contributed by atoms with Crippen LogP contribution in [0.15, 0.2) is 41.5 Å². The molecule has 0 aromatic heterocycles. The molecule has 3 saturated carbocycles. The van der Waals surface area contributed by atoms with E-state index in [2.05, 4.69) is 37.3 Å². The number of ketones is 1. The Morgan fingerprint density at radius 3 is 2.64 bits per heavy atom. The average molecular weight is 335 g/mol. The Labute approximate surface area is 151 Å². The number of hydrogen-bond acceptors (Lipinski definition) is 1. The summed E-state index contributed by atoms with van der Waals surface area (Å²) in [5.74, 6) is 2.95. The Kier molecular flexibility index (Phi) is 3.69.